The zero-order chi connectivity index (χ0) is 23.4. The van der Waals surface area contributed by atoms with E-state index in [0.717, 1.165) is 57.4 Å². The first-order valence-corrected chi connectivity index (χ1v) is 12.6. The number of furan rings is 1. The number of rotatable bonds is 9. The van der Waals surface area contributed by atoms with Gasteiger partial charge in [-0.1, -0.05) is 33.1 Å². The molecular weight excluding hydrogens is 416 g/mol. The molecule has 2 amide bonds. The Bertz CT molecular complexity index is 941. The maximum absolute atomic E-state index is 13.7. The van der Waals surface area contributed by atoms with Gasteiger partial charge in [-0.15, -0.1) is 0 Å². The minimum Gasteiger partial charge on any atom is -0.463 e. The second-order valence-electron chi connectivity index (χ2n) is 9.59. The van der Waals surface area contributed by atoms with E-state index in [9.17, 15) is 9.59 Å². The molecule has 0 radical (unpaired) electrons. The first-order valence-electron chi connectivity index (χ1n) is 12.6. The van der Waals surface area contributed by atoms with E-state index in [2.05, 4.69) is 24.1 Å². The summed E-state index contributed by atoms with van der Waals surface area (Å²) in [5.41, 5.74) is 0.500. The van der Waals surface area contributed by atoms with Crippen LogP contribution in [0.3, 0.4) is 0 Å². The molecule has 1 saturated carbocycles. The maximum atomic E-state index is 13.7. The van der Waals surface area contributed by atoms with Crippen molar-refractivity contribution in [2.45, 2.75) is 77.4 Å². The Kier molecular flexibility index (Phi) is 7.27. The van der Waals surface area contributed by atoms with Crippen molar-refractivity contribution < 1.29 is 14.0 Å². The zero-order valence-corrected chi connectivity index (χ0v) is 20.3. The highest BCUT2D eigenvalue weighted by Crippen LogP contribution is 2.34. The molecule has 0 saturated heterocycles. The molecule has 7 heteroatoms. The number of fused-ring (bicyclic) bond motifs is 1. The molecule has 0 bridgehead atoms. The van der Waals surface area contributed by atoms with Crippen LogP contribution in [0.5, 0.6) is 0 Å². The molecule has 3 heterocycles. The largest absolute Gasteiger partial charge is 0.463 e. The number of hydrogen-bond donors (Lipinski definition) is 1. The second-order valence-corrected chi connectivity index (χ2v) is 9.59. The van der Waals surface area contributed by atoms with E-state index in [4.69, 9.17) is 4.42 Å². The molecule has 1 N–H and O–H groups in total. The molecule has 1 aliphatic carbocycles. The lowest BCUT2D eigenvalue weighted by Crippen LogP contribution is -2.65. The molecule has 1 fully saturated rings. The van der Waals surface area contributed by atoms with Crippen molar-refractivity contribution in [2.24, 2.45) is 0 Å². The summed E-state index contributed by atoms with van der Waals surface area (Å²) in [6, 6.07) is 7.71. The van der Waals surface area contributed by atoms with Crippen LogP contribution in [-0.4, -0.2) is 63.9 Å². The van der Waals surface area contributed by atoms with Gasteiger partial charge in [-0.2, -0.15) is 0 Å². The van der Waals surface area contributed by atoms with E-state index in [1.807, 2.05) is 40.7 Å². The highest BCUT2D eigenvalue weighted by Gasteiger charge is 2.48. The zero-order valence-electron chi connectivity index (χ0n) is 20.3. The fraction of sp³-hybridized carbons (Fsp3) is 0.615. The van der Waals surface area contributed by atoms with Crippen LogP contribution >= 0.6 is 0 Å². The van der Waals surface area contributed by atoms with Crippen molar-refractivity contribution in [3.8, 4) is 11.5 Å². The third-order valence-electron chi connectivity index (χ3n) is 7.46. The lowest BCUT2D eigenvalue weighted by molar-refractivity contribution is -0.133. The monoisotopic (exact) mass is 454 g/mol. The van der Waals surface area contributed by atoms with Crippen molar-refractivity contribution >= 4 is 11.8 Å². The van der Waals surface area contributed by atoms with E-state index in [0.29, 0.717) is 24.5 Å². The van der Waals surface area contributed by atoms with Crippen LogP contribution in [0.25, 0.3) is 11.5 Å². The van der Waals surface area contributed by atoms with Crippen LogP contribution in [0.2, 0.25) is 0 Å². The van der Waals surface area contributed by atoms with Crippen molar-refractivity contribution in [2.75, 3.05) is 26.2 Å². The molecule has 2 aromatic rings. The minimum atomic E-state index is -0.953. The van der Waals surface area contributed by atoms with Crippen LogP contribution in [-0.2, 0) is 11.3 Å². The molecule has 2 aliphatic rings. The highest BCUT2D eigenvalue weighted by atomic mass is 16.3. The normalized spacial score (nSPS) is 21.5. The summed E-state index contributed by atoms with van der Waals surface area (Å²) < 4.78 is 7.58. The van der Waals surface area contributed by atoms with E-state index in [1.54, 1.807) is 6.26 Å². The highest BCUT2D eigenvalue weighted by molar-refractivity contribution is 6.00. The van der Waals surface area contributed by atoms with Crippen LogP contribution < -0.4 is 5.32 Å². The summed E-state index contributed by atoms with van der Waals surface area (Å²) >= 11 is 0. The second kappa shape index (κ2) is 10.2. The van der Waals surface area contributed by atoms with Gasteiger partial charge in [-0.25, -0.2) is 0 Å². The number of aromatic nitrogens is 1. The average Bonchev–Trinajstić information content (AvgIpc) is 3.49. The number of carbonyl (C=O) groups excluding carboxylic acids is 2. The van der Waals surface area contributed by atoms with Crippen LogP contribution in [0, 0.1) is 0 Å². The van der Waals surface area contributed by atoms with Gasteiger partial charge < -0.3 is 24.1 Å². The molecule has 4 rings (SSSR count). The Labute approximate surface area is 197 Å². The summed E-state index contributed by atoms with van der Waals surface area (Å²) in [5.74, 6) is 0.578. The summed E-state index contributed by atoms with van der Waals surface area (Å²) in [5, 5.41) is 3.30. The summed E-state index contributed by atoms with van der Waals surface area (Å²) in [7, 11) is 0. The third-order valence-corrected chi connectivity index (χ3v) is 7.46. The van der Waals surface area contributed by atoms with Crippen molar-refractivity contribution in [1.29, 1.82) is 0 Å². The molecule has 0 aromatic carbocycles. The maximum Gasteiger partial charge on any atom is 0.271 e. The molecule has 33 heavy (non-hydrogen) atoms. The number of carbonyl (C=O) groups is 2. The first kappa shape index (κ1) is 23.6. The molecule has 1 atom stereocenters. The molecular formula is C26H38N4O3. The minimum absolute atomic E-state index is 0.0460. The Morgan fingerprint density at radius 2 is 1.88 bits per heavy atom. The predicted molar refractivity (Wildman–Crippen MR) is 129 cm³/mol. The molecule has 1 aliphatic heterocycles. The average molecular weight is 455 g/mol. The smallest absolute Gasteiger partial charge is 0.271 e. The van der Waals surface area contributed by atoms with Gasteiger partial charge in [0.05, 0.1) is 18.5 Å². The van der Waals surface area contributed by atoms with Gasteiger partial charge in [0.15, 0.2) is 0 Å². The number of nitrogens with one attached hydrogen (secondary N) is 1. The van der Waals surface area contributed by atoms with Crippen molar-refractivity contribution in [3.63, 3.8) is 0 Å². The fourth-order valence-corrected chi connectivity index (χ4v) is 5.34. The van der Waals surface area contributed by atoms with Gasteiger partial charge in [0, 0.05) is 12.6 Å². The molecule has 2 aromatic heterocycles. The Balaban J connectivity index is 1.62. The van der Waals surface area contributed by atoms with Gasteiger partial charge in [-0.05, 0) is 70.1 Å². The van der Waals surface area contributed by atoms with Crippen LogP contribution in [0.1, 0.15) is 69.8 Å². The van der Waals surface area contributed by atoms with E-state index >= 15 is 0 Å². The number of hydrogen-bond acceptors (Lipinski definition) is 4. The predicted octanol–water partition coefficient (Wildman–Crippen LogP) is 4.14. The van der Waals surface area contributed by atoms with E-state index in [1.165, 1.54) is 6.42 Å². The van der Waals surface area contributed by atoms with Crippen molar-refractivity contribution in [3.05, 3.63) is 36.2 Å². The first-order chi connectivity index (χ1) is 16.0. The van der Waals surface area contributed by atoms with Crippen molar-refractivity contribution in [1.82, 2.24) is 19.7 Å². The summed E-state index contributed by atoms with van der Waals surface area (Å²) in [4.78, 5) is 31.6. The van der Waals surface area contributed by atoms with Crippen LogP contribution in [0.4, 0.5) is 0 Å². The lowest BCUT2D eigenvalue weighted by Gasteiger charge is -2.45. The third kappa shape index (κ3) is 4.74. The number of nitrogens with zero attached hydrogens (tertiary/aromatic N) is 3. The van der Waals surface area contributed by atoms with Gasteiger partial charge in [0.2, 0.25) is 5.91 Å². The quantitative estimate of drug-likeness (QED) is 0.618. The van der Waals surface area contributed by atoms with Gasteiger partial charge in [0.1, 0.15) is 17.0 Å². The topological polar surface area (TPSA) is 70.7 Å². The van der Waals surface area contributed by atoms with Gasteiger partial charge >= 0.3 is 0 Å². The Hall–Kier alpha value is -2.54. The Morgan fingerprint density at radius 3 is 2.55 bits per heavy atom. The summed E-state index contributed by atoms with van der Waals surface area (Å²) in [6.45, 7) is 10.1. The van der Waals surface area contributed by atoms with E-state index < -0.39 is 5.54 Å². The Morgan fingerprint density at radius 1 is 1.15 bits per heavy atom. The summed E-state index contributed by atoms with van der Waals surface area (Å²) in [6.07, 6.45) is 8.05. The van der Waals surface area contributed by atoms with Gasteiger partial charge in [0.25, 0.3) is 5.91 Å². The standard InChI is InChI=1S/C26H38N4O3/c1-4-28(5-2)16-10-17-30-24(31)22-15-14-21(23-13-9-18-33-23)29(22)19-26(30,3)25(32)27-20-11-7-6-8-12-20/h9,13-15,18,20H,4-8,10-12,16-17,19H2,1-3H3,(H,27,32)/t26-/m1/s1. The fourth-order valence-electron chi connectivity index (χ4n) is 5.34. The molecule has 0 unspecified atom stereocenters. The molecule has 0 spiro atoms. The van der Waals surface area contributed by atoms with Gasteiger partial charge in [-0.3, -0.25) is 9.59 Å². The molecule has 180 valence electrons. The van der Waals surface area contributed by atoms with Crippen LogP contribution in [0.15, 0.2) is 34.9 Å². The number of amides is 2. The lowest BCUT2D eigenvalue weighted by atomic mass is 9.91. The SMILES string of the molecule is CCN(CC)CCCN1C(=O)c2ccc(-c3ccco3)n2C[C@]1(C)C(=O)NC1CCCCC1. The molecule has 7 nitrogen and oxygen atoms in total. The van der Waals surface area contributed by atoms with E-state index in [-0.39, 0.29) is 17.9 Å².